The van der Waals surface area contributed by atoms with Gasteiger partial charge in [0.05, 0.1) is 29.6 Å². The fourth-order valence-electron chi connectivity index (χ4n) is 4.99. The molecule has 0 aliphatic carbocycles. The first-order chi connectivity index (χ1) is 17.8. The van der Waals surface area contributed by atoms with Crippen LogP contribution in [-0.2, 0) is 0 Å². The van der Waals surface area contributed by atoms with Gasteiger partial charge in [-0.25, -0.2) is 4.98 Å². The molecule has 0 amide bonds. The van der Waals surface area contributed by atoms with E-state index in [-0.39, 0.29) is 0 Å². The maximum atomic E-state index is 6.08. The first kappa shape index (κ1) is 20.5. The van der Waals surface area contributed by atoms with Crippen LogP contribution in [0.2, 0.25) is 0 Å². The summed E-state index contributed by atoms with van der Waals surface area (Å²) >= 11 is 0. The zero-order chi connectivity index (χ0) is 24.1. The molecule has 0 N–H and O–H groups in total. The van der Waals surface area contributed by atoms with E-state index in [4.69, 9.17) is 4.74 Å². The number of aromatic nitrogens is 4. The second-order valence-corrected chi connectivity index (χ2v) is 8.83. The third kappa shape index (κ3) is 3.25. The van der Waals surface area contributed by atoms with Gasteiger partial charge >= 0.3 is 0 Å². The molecule has 1 aliphatic rings. The van der Waals surface area contributed by atoms with Crippen LogP contribution in [0.25, 0.3) is 27.5 Å². The van der Waals surface area contributed by atoms with Crippen molar-refractivity contribution in [3.8, 4) is 17.3 Å². The zero-order valence-electron chi connectivity index (χ0n) is 19.6. The van der Waals surface area contributed by atoms with Crippen LogP contribution >= 0.6 is 0 Å². The van der Waals surface area contributed by atoms with Gasteiger partial charge in [0.1, 0.15) is 5.75 Å². The Labute approximate surface area is 207 Å². The Kier molecular flexibility index (Phi) is 4.60. The predicted octanol–water partition coefficient (Wildman–Crippen LogP) is 6.31. The minimum atomic E-state index is 0.569. The minimum Gasteiger partial charge on any atom is -0.439 e. The lowest BCUT2D eigenvalue weighted by atomic mass is 10.1. The quantitative estimate of drug-likeness (QED) is 0.301. The van der Waals surface area contributed by atoms with Crippen LogP contribution < -0.4 is 14.5 Å². The van der Waals surface area contributed by atoms with Crippen LogP contribution in [0, 0.1) is 0 Å². The number of anilines is 3. The maximum Gasteiger partial charge on any atom is 0.219 e. The largest absolute Gasteiger partial charge is 0.439 e. The molecule has 0 radical (unpaired) electrons. The second-order valence-electron chi connectivity index (χ2n) is 8.83. The summed E-state index contributed by atoms with van der Waals surface area (Å²) in [5, 5.41) is 10.9. The molecule has 174 valence electrons. The van der Waals surface area contributed by atoms with Crippen molar-refractivity contribution >= 4 is 39.0 Å². The van der Waals surface area contributed by atoms with Gasteiger partial charge in [-0.3, -0.25) is 0 Å². The smallest absolute Gasteiger partial charge is 0.219 e. The molecular weight excluding hydrogens is 448 g/mol. The Morgan fingerprint density at radius 3 is 2.53 bits per heavy atom. The number of rotatable bonds is 4. The normalized spacial score (nSPS) is 12.9. The van der Waals surface area contributed by atoms with Crippen molar-refractivity contribution in [2.45, 2.75) is 0 Å². The molecule has 1 aliphatic heterocycles. The SMILES string of the molecule is CN1CN(c2cccc(-n3c4ccccc4c4ccc(Oc5ccccn5)cc43)c2)c2nnccc21. The van der Waals surface area contributed by atoms with E-state index in [2.05, 4.69) is 97.3 Å². The number of hydrogen-bond acceptors (Lipinski definition) is 6. The molecule has 0 bridgehead atoms. The van der Waals surface area contributed by atoms with Crippen molar-refractivity contribution in [3.05, 3.63) is 103 Å². The molecule has 3 aromatic carbocycles. The number of ether oxygens (including phenoxy) is 1. The topological polar surface area (TPSA) is 59.3 Å². The summed E-state index contributed by atoms with van der Waals surface area (Å²) in [6.45, 7) is 0.715. The molecule has 36 heavy (non-hydrogen) atoms. The number of benzene rings is 3. The van der Waals surface area contributed by atoms with E-state index in [9.17, 15) is 0 Å². The molecule has 3 aromatic heterocycles. The first-order valence-corrected chi connectivity index (χ1v) is 11.8. The second kappa shape index (κ2) is 8.09. The fraction of sp³-hybridized carbons (Fsp3) is 0.0690. The molecule has 0 fully saturated rings. The summed E-state index contributed by atoms with van der Waals surface area (Å²) in [6, 6.07) is 30.9. The van der Waals surface area contributed by atoms with Crippen LogP contribution in [0.5, 0.6) is 11.6 Å². The monoisotopic (exact) mass is 470 g/mol. The van der Waals surface area contributed by atoms with Crippen molar-refractivity contribution in [2.24, 2.45) is 0 Å². The Hall–Kier alpha value is -4.91. The maximum absolute atomic E-state index is 6.08. The average Bonchev–Trinajstić information content (AvgIpc) is 3.44. The molecule has 0 spiro atoms. The molecule has 6 aromatic rings. The van der Waals surface area contributed by atoms with Gasteiger partial charge in [-0.05, 0) is 48.5 Å². The van der Waals surface area contributed by atoms with Crippen molar-refractivity contribution < 1.29 is 4.74 Å². The molecule has 0 saturated carbocycles. The van der Waals surface area contributed by atoms with Crippen LogP contribution in [-0.4, -0.2) is 33.5 Å². The molecule has 0 saturated heterocycles. The van der Waals surface area contributed by atoms with Gasteiger partial charge in [-0.15, -0.1) is 5.10 Å². The number of fused-ring (bicyclic) bond motifs is 4. The lowest BCUT2D eigenvalue weighted by Gasteiger charge is -2.19. The highest BCUT2D eigenvalue weighted by Crippen LogP contribution is 2.39. The molecule has 7 nitrogen and oxygen atoms in total. The molecule has 0 unspecified atom stereocenters. The summed E-state index contributed by atoms with van der Waals surface area (Å²) in [4.78, 5) is 8.68. The summed E-state index contributed by atoms with van der Waals surface area (Å²) in [7, 11) is 2.07. The minimum absolute atomic E-state index is 0.569. The third-order valence-corrected chi connectivity index (χ3v) is 6.61. The summed E-state index contributed by atoms with van der Waals surface area (Å²) in [6.07, 6.45) is 3.46. The average molecular weight is 471 g/mol. The first-order valence-electron chi connectivity index (χ1n) is 11.8. The van der Waals surface area contributed by atoms with Gasteiger partial charge in [0.2, 0.25) is 5.88 Å². The van der Waals surface area contributed by atoms with Gasteiger partial charge in [0.25, 0.3) is 0 Å². The van der Waals surface area contributed by atoms with E-state index in [1.165, 1.54) is 10.8 Å². The van der Waals surface area contributed by atoms with E-state index < -0.39 is 0 Å². The highest BCUT2D eigenvalue weighted by atomic mass is 16.5. The number of nitrogens with zero attached hydrogens (tertiary/aromatic N) is 6. The third-order valence-electron chi connectivity index (χ3n) is 6.61. The Bertz CT molecular complexity index is 1730. The van der Waals surface area contributed by atoms with Crippen LogP contribution in [0.15, 0.2) is 103 Å². The highest BCUT2D eigenvalue weighted by molar-refractivity contribution is 6.09. The van der Waals surface area contributed by atoms with E-state index in [1.54, 1.807) is 12.4 Å². The molecular formula is C29H22N6O. The molecule has 7 heteroatoms. The Morgan fingerprint density at radius 2 is 1.61 bits per heavy atom. The van der Waals surface area contributed by atoms with Crippen molar-refractivity contribution in [1.82, 2.24) is 19.7 Å². The summed E-state index contributed by atoms with van der Waals surface area (Å²) < 4.78 is 8.36. The summed E-state index contributed by atoms with van der Waals surface area (Å²) in [5.41, 5.74) is 5.40. The van der Waals surface area contributed by atoms with Crippen LogP contribution in [0.1, 0.15) is 0 Å². The van der Waals surface area contributed by atoms with E-state index in [1.807, 2.05) is 30.3 Å². The lowest BCUT2D eigenvalue weighted by Crippen LogP contribution is -2.24. The number of pyridine rings is 1. The summed E-state index contributed by atoms with van der Waals surface area (Å²) in [5.74, 6) is 2.18. The van der Waals surface area contributed by atoms with Gasteiger partial charge in [0.15, 0.2) is 5.82 Å². The van der Waals surface area contributed by atoms with Gasteiger partial charge in [-0.1, -0.05) is 30.3 Å². The Balaban J connectivity index is 1.38. The van der Waals surface area contributed by atoms with Crippen molar-refractivity contribution in [2.75, 3.05) is 23.5 Å². The van der Waals surface area contributed by atoms with Gasteiger partial charge < -0.3 is 19.1 Å². The van der Waals surface area contributed by atoms with E-state index in [0.717, 1.165) is 39.7 Å². The lowest BCUT2D eigenvalue weighted by molar-refractivity contribution is 0.463. The van der Waals surface area contributed by atoms with Crippen molar-refractivity contribution in [1.29, 1.82) is 0 Å². The van der Waals surface area contributed by atoms with Crippen molar-refractivity contribution in [3.63, 3.8) is 0 Å². The highest BCUT2D eigenvalue weighted by Gasteiger charge is 2.26. The van der Waals surface area contributed by atoms with E-state index in [0.29, 0.717) is 12.5 Å². The van der Waals surface area contributed by atoms with Crippen LogP contribution in [0.4, 0.5) is 17.2 Å². The number of para-hydroxylation sites is 1. The molecule has 0 atom stereocenters. The fourth-order valence-corrected chi connectivity index (χ4v) is 4.99. The Morgan fingerprint density at radius 1 is 0.750 bits per heavy atom. The number of hydrogen-bond donors (Lipinski definition) is 0. The molecule has 7 rings (SSSR count). The zero-order valence-corrected chi connectivity index (χ0v) is 19.6. The molecule has 4 heterocycles. The predicted molar refractivity (Wildman–Crippen MR) is 143 cm³/mol. The van der Waals surface area contributed by atoms with Gasteiger partial charge in [0, 0.05) is 47.5 Å². The van der Waals surface area contributed by atoms with E-state index >= 15 is 0 Å². The van der Waals surface area contributed by atoms with Crippen LogP contribution in [0.3, 0.4) is 0 Å². The van der Waals surface area contributed by atoms with Gasteiger partial charge in [-0.2, -0.15) is 5.10 Å². The standard InChI is InChI=1S/C29H22N6O/c1-33-19-34(29-26(33)14-16-31-32-29)20-7-6-8-21(17-20)35-25-10-3-2-9-23(25)24-13-12-22(18-27(24)35)36-28-11-4-5-15-30-28/h2-18H,19H2,1H3.